The number of hydrogen-bond acceptors (Lipinski definition) is 4. The third kappa shape index (κ3) is 5.71. The molecule has 0 amide bonds. The fourth-order valence-electron chi connectivity index (χ4n) is 2.35. The van der Waals surface area contributed by atoms with Crippen LogP contribution in [0, 0.1) is 0 Å². The minimum Gasteiger partial charge on any atom is -0.493 e. The van der Waals surface area contributed by atoms with Crippen LogP contribution in [-0.4, -0.2) is 24.9 Å². The fourth-order valence-corrected chi connectivity index (χ4v) is 2.35. The average molecular weight is 352 g/mol. The van der Waals surface area contributed by atoms with Crippen LogP contribution in [-0.2, 0) is 13.2 Å². The zero-order valence-electron chi connectivity index (χ0n) is 14.2. The van der Waals surface area contributed by atoms with Crippen LogP contribution in [0.15, 0.2) is 48.5 Å². The van der Waals surface area contributed by atoms with Crippen LogP contribution in [0.25, 0.3) is 0 Å². The number of benzene rings is 2. The number of halogens is 1. The lowest BCUT2D eigenvalue weighted by Gasteiger charge is -2.18. The molecule has 0 radical (unpaired) electrons. The Morgan fingerprint density at radius 2 is 1.83 bits per heavy atom. The monoisotopic (exact) mass is 351 g/mol. The van der Waals surface area contributed by atoms with E-state index in [2.05, 4.69) is 5.32 Å². The Balaban J connectivity index is 0.00000288. The van der Waals surface area contributed by atoms with Gasteiger partial charge in [0.05, 0.1) is 13.7 Å². The van der Waals surface area contributed by atoms with Gasteiger partial charge >= 0.3 is 0 Å². The molecule has 4 nitrogen and oxygen atoms in total. The van der Waals surface area contributed by atoms with Gasteiger partial charge in [0, 0.05) is 18.2 Å². The van der Waals surface area contributed by atoms with Crippen molar-refractivity contribution in [2.24, 2.45) is 0 Å². The minimum atomic E-state index is 0. The minimum absolute atomic E-state index is 0. The zero-order chi connectivity index (χ0) is 16.5. The van der Waals surface area contributed by atoms with Crippen LogP contribution in [0.1, 0.15) is 24.5 Å². The third-order valence-corrected chi connectivity index (χ3v) is 3.80. The molecule has 0 heterocycles. The van der Waals surface area contributed by atoms with E-state index in [1.807, 2.05) is 55.5 Å². The summed E-state index contributed by atoms with van der Waals surface area (Å²) in [6, 6.07) is 16.0. The Bertz CT molecular complexity index is 588. The highest BCUT2D eigenvalue weighted by atomic mass is 35.5. The highest BCUT2D eigenvalue weighted by molar-refractivity contribution is 5.85. The topological polar surface area (TPSA) is 50.7 Å². The highest BCUT2D eigenvalue weighted by Gasteiger charge is 2.12. The molecule has 5 heteroatoms. The van der Waals surface area contributed by atoms with Crippen molar-refractivity contribution >= 4 is 12.4 Å². The molecule has 0 aliphatic rings. The van der Waals surface area contributed by atoms with E-state index >= 15 is 0 Å². The molecule has 1 atom stereocenters. The van der Waals surface area contributed by atoms with Crippen molar-refractivity contribution in [3.05, 3.63) is 59.7 Å². The van der Waals surface area contributed by atoms with Crippen molar-refractivity contribution in [2.45, 2.75) is 32.5 Å². The van der Waals surface area contributed by atoms with Gasteiger partial charge in [0.1, 0.15) is 6.61 Å². The Morgan fingerprint density at radius 3 is 2.46 bits per heavy atom. The molecule has 2 aromatic rings. The number of para-hydroxylation sites is 1. The van der Waals surface area contributed by atoms with Crippen LogP contribution in [0.5, 0.6) is 11.5 Å². The van der Waals surface area contributed by atoms with E-state index in [4.69, 9.17) is 9.47 Å². The summed E-state index contributed by atoms with van der Waals surface area (Å²) in [5.74, 6) is 1.47. The highest BCUT2D eigenvalue weighted by Crippen LogP contribution is 2.31. The van der Waals surface area contributed by atoms with Crippen molar-refractivity contribution in [3.8, 4) is 11.5 Å². The van der Waals surface area contributed by atoms with E-state index in [9.17, 15) is 5.11 Å². The molecule has 2 rings (SSSR count). The molecule has 2 N–H and O–H groups in total. The maximum absolute atomic E-state index is 9.31. The maximum Gasteiger partial charge on any atom is 0.166 e. The van der Waals surface area contributed by atoms with E-state index in [1.54, 1.807) is 7.11 Å². The largest absolute Gasteiger partial charge is 0.493 e. The first kappa shape index (κ1) is 20.3. The standard InChI is InChI=1S/C19H25NO3.ClH/c1-3-17(13-21)20-12-16-10-7-11-18(22-2)19(16)23-14-15-8-5-4-6-9-15;/h4-11,17,20-21H,3,12-14H2,1-2H3;1H. The quantitative estimate of drug-likeness (QED) is 0.725. The number of hydrogen-bond donors (Lipinski definition) is 2. The molecule has 0 fully saturated rings. The second kappa shape index (κ2) is 10.9. The predicted molar refractivity (Wildman–Crippen MR) is 99.0 cm³/mol. The van der Waals surface area contributed by atoms with Gasteiger partial charge in [-0.25, -0.2) is 0 Å². The van der Waals surface area contributed by atoms with Gasteiger partial charge in [0.15, 0.2) is 11.5 Å². The second-order valence-electron chi connectivity index (χ2n) is 5.39. The molecule has 0 bridgehead atoms. The number of nitrogens with one attached hydrogen (secondary N) is 1. The first-order valence-corrected chi connectivity index (χ1v) is 7.95. The summed E-state index contributed by atoms with van der Waals surface area (Å²) < 4.78 is 11.4. The maximum atomic E-state index is 9.31. The molecule has 0 saturated carbocycles. The van der Waals surface area contributed by atoms with E-state index < -0.39 is 0 Å². The summed E-state index contributed by atoms with van der Waals surface area (Å²) in [7, 11) is 1.64. The summed E-state index contributed by atoms with van der Waals surface area (Å²) in [5, 5.41) is 12.6. The smallest absolute Gasteiger partial charge is 0.166 e. The van der Waals surface area contributed by atoms with Gasteiger partial charge < -0.3 is 19.9 Å². The van der Waals surface area contributed by atoms with Gasteiger partial charge in [-0.15, -0.1) is 12.4 Å². The summed E-state index contributed by atoms with van der Waals surface area (Å²) in [6.07, 6.45) is 0.876. The first-order chi connectivity index (χ1) is 11.3. The SMILES string of the molecule is CCC(CO)NCc1cccc(OC)c1OCc1ccccc1.Cl. The van der Waals surface area contributed by atoms with Crippen LogP contribution >= 0.6 is 12.4 Å². The van der Waals surface area contributed by atoms with Crippen molar-refractivity contribution in [2.75, 3.05) is 13.7 Å². The molecule has 0 aromatic heterocycles. The van der Waals surface area contributed by atoms with E-state index in [0.29, 0.717) is 13.2 Å². The van der Waals surface area contributed by atoms with E-state index in [-0.39, 0.29) is 25.1 Å². The summed E-state index contributed by atoms with van der Waals surface area (Å²) in [4.78, 5) is 0. The molecule has 0 aliphatic carbocycles. The first-order valence-electron chi connectivity index (χ1n) is 7.95. The number of aliphatic hydroxyl groups excluding tert-OH is 1. The van der Waals surface area contributed by atoms with Crippen molar-refractivity contribution in [3.63, 3.8) is 0 Å². The van der Waals surface area contributed by atoms with Gasteiger partial charge in [0.2, 0.25) is 0 Å². The van der Waals surface area contributed by atoms with Crippen LogP contribution in [0.2, 0.25) is 0 Å². The Hall–Kier alpha value is -1.75. The number of aliphatic hydroxyl groups is 1. The van der Waals surface area contributed by atoms with Gasteiger partial charge in [-0.3, -0.25) is 0 Å². The van der Waals surface area contributed by atoms with Gasteiger partial charge in [-0.1, -0.05) is 49.4 Å². The molecule has 0 spiro atoms. The third-order valence-electron chi connectivity index (χ3n) is 3.80. The summed E-state index contributed by atoms with van der Waals surface area (Å²) in [5.41, 5.74) is 2.13. The average Bonchev–Trinajstić information content (AvgIpc) is 2.62. The van der Waals surface area contributed by atoms with Gasteiger partial charge in [-0.2, -0.15) is 0 Å². The normalized spacial score (nSPS) is 11.5. The number of methoxy groups -OCH3 is 1. The number of rotatable bonds is 9. The molecule has 0 aliphatic heterocycles. The van der Waals surface area contributed by atoms with Crippen molar-refractivity contribution in [1.29, 1.82) is 0 Å². The van der Waals surface area contributed by atoms with E-state index in [0.717, 1.165) is 29.0 Å². The Morgan fingerprint density at radius 1 is 1.08 bits per heavy atom. The van der Waals surface area contributed by atoms with Crippen molar-refractivity contribution in [1.82, 2.24) is 5.32 Å². The fraction of sp³-hybridized carbons (Fsp3) is 0.368. The lowest BCUT2D eigenvalue weighted by molar-refractivity contribution is 0.236. The lowest BCUT2D eigenvalue weighted by Crippen LogP contribution is -2.31. The Kier molecular flexibility index (Phi) is 9.23. The molecule has 2 aromatic carbocycles. The van der Waals surface area contributed by atoms with Crippen LogP contribution in [0.3, 0.4) is 0 Å². The molecule has 1 unspecified atom stereocenters. The lowest BCUT2D eigenvalue weighted by atomic mass is 10.1. The summed E-state index contributed by atoms with van der Waals surface area (Å²) in [6.45, 7) is 3.29. The second-order valence-corrected chi connectivity index (χ2v) is 5.39. The van der Waals surface area contributed by atoms with Crippen molar-refractivity contribution < 1.29 is 14.6 Å². The van der Waals surface area contributed by atoms with E-state index in [1.165, 1.54) is 0 Å². The molecule has 24 heavy (non-hydrogen) atoms. The molecule has 132 valence electrons. The molecular weight excluding hydrogens is 326 g/mol. The van der Waals surface area contributed by atoms with Crippen LogP contribution < -0.4 is 14.8 Å². The van der Waals surface area contributed by atoms with Gasteiger partial charge in [-0.05, 0) is 18.1 Å². The number of ether oxygens (including phenoxy) is 2. The van der Waals surface area contributed by atoms with Crippen LogP contribution in [0.4, 0.5) is 0 Å². The Labute approximate surface area is 150 Å². The zero-order valence-corrected chi connectivity index (χ0v) is 15.0. The molecular formula is C19H26ClNO3. The van der Waals surface area contributed by atoms with Gasteiger partial charge in [0.25, 0.3) is 0 Å². The molecule has 0 saturated heterocycles. The summed E-state index contributed by atoms with van der Waals surface area (Å²) >= 11 is 0. The predicted octanol–water partition coefficient (Wildman–Crippen LogP) is 3.56.